The first-order chi connectivity index (χ1) is 13.0. The largest absolute Gasteiger partial charge is 0.497 e. The molecule has 0 aliphatic rings. The predicted octanol–water partition coefficient (Wildman–Crippen LogP) is 1.81. The van der Waals surface area contributed by atoms with Crippen LogP contribution in [0.4, 0.5) is 5.69 Å². The van der Waals surface area contributed by atoms with Crippen LogP contribution >= 0.6 is 0 Å². The van der Waals surface area contributed by atoms with Gasteiger partial charge < -0.3 is 25.2 Å². The summed E-state index contributed by atoms with van der Waals surface area (Å²) < 4.78 is 10.6. The minimum absolute atomic E-state index is 0.109. The summed E-state index contributed by atoms with van der Waals surface area (Å²) in [5, 5.41) is 14.1. The highest BCUT2D eigenvalue weighted by Gasteiger charge is 2.18. The molecule has 0 aliphatic heterocycles. The number of rotatable bonds is 8. The van der Waals surface area contributed by atoms with Gasteiger partial charge in [0.25, 0.3) is 0 Å². The molecule has 2 aromatic carbocycles. The monoisotopic (exact) mass is 372 g/mol. The SMILES string of the molecule is COc1ccc(NC(=O)C(=O)NCC(OCCO)c2ccc(C)cc2)cc1. The van der Waals surface area contributed by atoms with Gasteiger partial charge in [0, 0.05) is 12.2 Å². The summed E-state index contributed by atoms with van der Waals surface area (Å²) in [5.41, 5.74) is 2.44. The second-order valence-electron chi connectivity index (χ2n) is 5.89. The summed E-state index contributed by atoms with van der Waals surface area (Å²) in [6.45, 7) is 2.08. The Kier molecular flexibility index (Phi) is 7.79. The number of aliphatic hydroxyl groups is 1. The fraction of sp³-hybridized carbons (Fsp3) is 0.300. The molecule has 3 N–H and O–H groups in total. The summed E-state index contributed by atoms with van der Waals surface area (Å²) in [7, 11) is 1.55. The zero-order valence-corrected chi connectivity index (χ0v) is 15.4. The second kappa shape index (κ2) is 10.3. The Labute approximate surface area is 158 Å². The van der Waals surface area contributed by atoms with E-state index in [2.05, 4.69) is 10.6 Å². The van der Waals surface area contributed by atoms with E-state index in [1.54, 1.807) is 31.4 Å². The number of anilines is 1. The van der Waals surface area contributed by atoms with Gasteiger partial charge in [-0.15, -0.1) is 0 Å². The van der Waals surface area contributed by atoms with Crippen molar-refractivity contribution in [1.29, 1.82) is 0 Å². The zero-order chi connectivity index (χ0) is 19.6. The molecule has 0 heterocycles. The van der Waals surface area contributed by atoms with E-state index in [4.69, 9.17) is 14.6 Å². The number of aliphatic hydroxyl groups excluding tert-OH is 1. The molecule has 2 rings (SSSR count). The molecule has 0 radical (unpaired) electrons. The smallest absolute Gasteiger partial charge is 0.313 e. The Morgan fingerprint density at radius 2 is 1.70 bits per heavy atom. The molecule has 7 nitrogen and oxygen atoms in total. The first kappa shape index (κ1) is 20.4. The first-order valence-corrected chi connectivity index (χ1v) is 8.55. The van der Waals surface area contributed by atoms with Crippen LogP contribution in [0.15, 0.2) is 48.5 Å². The highest BCUT2D eigenvalue weighted by Crippen LogP contribution is 2.18. The number of ether oxygens (including phenoxy) is 2. The van der Waals surface area contributed by atoms with E-state index >= 15 is 0 Å². The molecule has 0 aliphatic carbocycles. The molecule has 0 saturated carbocycles. The summed E-state index contributed by atoms with van der Waals surface area (Å²) in [5.74, 6) is -0.889. The lowest BCUT2D eigenvalue weighted by Crippen LogP contribution is -2.38. The van der Waals surface area contributed by atoms with Gasteiger partial charge in [-0.3, -0.25) is 9.59 Å². The van der Waals surface area contributed by atoms with E-state index in [0.29, 0.717) is 11.4 Å². The van der Waals surface area contributed by atoms with Crippen LogP contribution in [0.1, 0.15) is 17.2 Å². The minimum atomic E-state index is -0.773. The van der Waals surface area contributed by atoms with Crippen LogP contribution in [0.2, 0.25) is 0 Å². The molecule has 1 atom stereocenters. The van der Waals surface area contributed by atoms with Crippen LogP contribution in [0.5, 0.6) is 5.75 Å². The highest BCUT2D eigenvalue weighted by molar-refractivity contribution is 6.39. The number of carbonyl (C=O) groups excluding carboxylic acids is 2. The summed E-state index contributed by atoms with van der Waals surface area (Å²) in [6, 6.07) is 14.3. The molecular weight excluding hydrogens is 348 g/mol. The van der Waals surface area contributed by atoms with Crippen molar-refractivity contribution in [3.8, 4) is 5.75 Å². The molecule has 1 unspecified atom stereocenters. The number of hydrogen-bond donors (Lipinski definition) is 3. The van der Waals surface area contributed by atoms with E-state index in [-0.39, 0.29) is 19.8 Å². The summed E-state index contributed by atoms with van der Waals surface area (Å²) in [4.78, 5) is 24.1. The molecule has 0 bridgehead atoms. The lowest BCUT2D eigenvalue weighted by atomic mass is 10.1. The van der Waals surface area contributed by atoms with Crippen molar-refractivity contribution in [3.05, 3.63) is 59.7 Å². The number of nitrogens with one attached hydrogen (secondary N) is 2. The van der Waals surface area contributed by atoms with Gasteiger partial charge in [-0.1, -0.05) is 29.8 Å². The number of methoxy groups -OCH3 is 1. The van der Waals surface area contributed by atoms with Crippen LogP contribution < -0.4 is 15.4 Å². The molecule has 2 amide bonds. The van der Waals surface area contributed by atoms with E-state index in [1.165, 1.54) is 0 Å². The molecule has 0 fully saturated rings. The van der Waals surface area contributed by atoms with Crippen molar-refractivity contribution in [2.45, 2.75) is 13.0 Å². The first-order valence-electron chi connectivity index (χ1n) is 8.55. The quantitative estimate of drug-likeness (QED) is 0.614. The Morgan fingerprint density at radius 1 is 1.04 bits per heavy atom. The second-order valence-corrected chi connectivity index (χ2v) is 5.89. The van der Waals surface area contributed by atoms with Crippen LogP contribution in [0.3, 0.4) is 0 Å². The van der Waals surface area contributed by atoms with Gasteiger partial charge in [-0.2, -0.15) is 0 Å². The Bertz CT molecular complexity index is 744. The van der Waals surface area contributed by atoms with Crippen LogP contribution in [-0.4, -0.2) is 43.8 Å². The fourth-order valence-electron chi connectivity index (χ4n) is 2.38. The van der Waals surface area contributed by atoms with Crippen molar-refractivity contribution in [2.75, 3.05) is 32.2 Å². The van der Waals surface area contributed by atoms with Crippen molar-refractivity contribution >= 4 is 17.5 Å². The van der Waals surface area contributed by atoms with Gasteiger partial charge in [0.1, 0.15) is 5.75 Å². The molecule has 7 heteroatoms. The van der Waals surface area contributed by atoms with Crippen molar-refractivity contribution in [1.82, 2.24) is 5.32 Å². The average molecular weight is 372 g/mol. The molecule has 27 heavy (non-hydrogen) atoms. The standard InChI is InChI=1S/C20H24N2O5/c1-14-3-5-15(6-4-14)18(27-12-11-23)13-21-19(24)20(25)22-16-7-9-17(26-2)10-8-16/h3-10,18,23H,11-13H2,1-2H3,(H,21,24)(H,22,25). The number of benzene rings is 2. The van der Waals surface area contributed by atoms with E-state index < -0.39 is 17.9 Å². The maximum Gasteiger partial charge on any atom is 0.313 e. The maximum atomic E-state index is 12.1. The summed E-state index contributed by atoms with van der Waals surface area (Å²) in [6.07, 6.45) is -0.463. The molecule has 0 aromatic heterocycles. The van der Waals surface area contributed by atoms with Gasteiger partial charge in [0.05, 0.1) is 26.4 Å². The lowest BCUT2D eigenvalue weighted by molar-refractivity contribution is -0.136. The maximum absolute atomic E-state index is 12.1. The third-order valence-electron chi connectivity index (χ3n) is 3.86. The van der Waals surface area contributed by atoms with Gasteiger partial charge >= 0.3 is 11.8 Å². The molecule has 0 spiro atoms. The van der Waals surface area contributed by atoms with Crippen LogP contribution in [0.25, 0.3) is 0 Å². The Morgan fingerprint density at radius 3 is 2.30 bits per heavy atom. The van der Waals surface area contributed by atoms with E-state index in [0.717, 1.165) is 11.1 Å². The normalized spacial score (nSPS) is 11.5. The van der Waals surface area contributed by atoms with Gasteiger partial charge in [0.2, 0.25) is 0 Å². The van der Waals surface area contributed by atoms with Gasteiger partial charge in [-0.05, 0) is 36.8 Å². The topological polar surface area (TPSA) is 96.9 Å². The third kappa shape index (κ3) is 6.40. The minimum Gasteiger partial charge on any atom is -0.497 e. The van der Waals surface area contributed by atoms with Crippen molar-refractivity contribution in [3.63, 3.8) is 0 Å². The van der Waals surface area contributed by atoms with Gasteiger partial charge in [-0.25, -0.2) is 0 Å². The predicted molar refractivity (Wildman–Crippen MR) is 102 cm³/mol. The van der Waals surface area contributed by atoms with Crippen molar-refractivity contribution < 1.29 is 24.2 Å². The third-order valence-corrected chi connectivity index (χ3v) is 3.86. The average Bonchev–Trinajstić information content (AvgIpc) is 2.69. The fourth-order valence-corrected chi connectivity index (χ4v) is 2.38. The Hall–Kier alpha value is -2.90. The molecule has 0 saturated heterocycles. The van der Waals surface area contributed by atoms with E-state index in [1.807, 2.05) is 31.2 Å². The summed E-state index contributed by atoms with van der Waals surface area (Å²) >= 11 is 0. The molecular formula is C20H24N2O5. The van der Waals surface area contributed by atoms with Crippen LogP contribution in [0, 0.1) is 6.92 Å². The molecule has 2 aromatic rings. The zero-order valence-electron chi connectivity index (χ0n) is 15.4. The number of amides is 2. The van der Waals surface area contributed by atoms with Crippen LogP contribution in [-0.2, 0) is 14.3 Å². The highest BCUT2D eigenvalue weighted by atomic mass is 16.5. The van der Waals surface area contributed by atoms with E-state index in [9.17, 15) is 9.59 Å². The van der Waals surface area contributed by atoms with Gasteiger partial charge in [0.15, 0.2) is 0 Å². The number of hydrogen-bond acceptors (Lipinski definition) is 5. The number of aryl methyl sites for hydroxylation is 1. The lowest BCUT2D eigenvalue weighted by Gasteiger charge is -2.18. The molecule has 144 valence electrons. The Balaban J connectivity index is 1.92. The van der Waals surface area contributed by atoms with Crippen molar-refractivity contribution in [2.24, 2.45) is 0 Å². The number of carbonyl (C=O) groups is 2.